The molecule has 1 fully saturated rings. The number of esters is 1. The molecular formula is C32H45BN2O7. The molecule has 9 nitrogen and oxygen atoms in total. The molecule has 10 heteroatoms. The predicted octanol–water partition coefficient (Wildman–Crippen LogP) is 5.41. The van der Waals surface area contributed by atoms with Crippen LogP contribution < -0.4 is 16.1 Å². The van der Waals surface area contributed by atoms with Crippen molar-refractivity contribution in [3.05, 3.63) is 59.7 Å². The van der Waals surface area contributed by atoms with E-state index < -0.39 is 47.6 Å². The molecule has 2 aromatic carbocycles. The van der Waals surface area contributed by atoms with Crippen molar-refractivity contribution in [2.24, 2.45) is 0 Å². The summed E-state index contributed by atoms with van der Waals surface area (Å²) >= 11 is 0. The highest BCUT2D eigenvalue weighted by Gasteiger charge is 2.51. The second kappa shape index (κ2) is 12.5. The molecule has 1 aliphatic heterocycles. The summed E-state index contributed by atoms with van der Waals surface area (Å²) in [5.41, 5.74) is 0.340. The zero-order chi connectivity index (χ0) is 31.5. The second-order valence-electron chi connectivity index (χ2n) is 13.6. The maximum Gasteiger partial charge on any atom is 0.494 e. The molecule has 0 spiro atoms. The van der Waals surface area contributed by atoms with Crippen LogP contribution in [0.1, 0.15) is 91.6 Å². The summed E-state index contributed by atoms with van der Waals surface area (Å²) in [4.78, 5) is 38.5. The number of amides is 2. The van der Waals surface area contributed by atoms with E-state index in [0.29, 0.717) is 17.7 Å². The number of benzene rings is 2. The van der Waals surface area contributed by atoms with Gasteiger partial charge in [0.25, 0.3) is 5.91 Å². The Hall–Kier alpha value is -3.37. The second-order valence-corrected chi connectivity index (χ2v) is 13.6. The molecule has 42 heavy (non-hydrogen) atoms. The van der Waals surface area contributed by atoms with Crippen molar-refractivity contribution in [2.75, 3.05) is 5.32 Å². The van der Waals surface area contributed by atoms with Crippen molar-refractivity contribution in [3.63, 3.8) is 0 Å². The van der Waals surface area contributed by atoms with Crippen molar-refractivity contribution in [2.45, 2.75) is 111 Å². The third-order valence-electron chi connectivity index (χ3n) is 6.96. The van der Waals surface area contributed by atoms with Gasteiger partial charge in [-0.05, 0) is 117 Å². The van der Waals surface area contributed by atoms with Gasteiger partial charge >= 0.3 is 19.2 Å². The number of carbonyl (C=O) groups excluding carboxylic acids is 3. The topological polar surface area (TPSA) is 112 Å². The van der Waals surface area contributed by atoms with Crippen LogP contribution in [0.2, 0.25) is 0 Å². The summed E-state index contributed by atoms with van der Waals surface area (Å²) in [5, 5.41) is 5.59. The lowest BCUT2D eigenvalue weighted by Crippen LogP contribution is -2.46. The Kier molecular flexibility index (Phi) is 9.84. The number of anilines is 1. The first kappa shape index (κ1) is 33.1. The Morgan fingerprint density at radius 2 is 1.45 bits per heavy atom. The van der Waals surface area contributed by atoms with Crippen LogP contribution in [-0.2, 0) is 30.0 Å². The van der Waals surface area contributed by atoms with Crippen molar-refractivity contribution < 1.29 is 33.2 Å². The van der Waals surface area contributed by atoms with E-state index in [1.165, 1.54) is 0 Å². The molecule has 2 amide bonds. The van der Waals surface area contributed by atoms with Gasteiger partial charge in [0.15, 0.2) is 0 Å². The number of hydrogen-bond donors (Lipinski definition) is 2. The SMILES string of the molecule is CC(C)(C)OC(=O)N[C@@H](CCc1cccc(C(=O)Nc2cccc(B3OC(C)(C)C(C)(C)O3)c2)c1)C(=O)OC(C)(C)C. The van der Waals surface area contributed by atoms with Crippen molar-refractivity contribution in [3.8, 4) is 0 Å². The van der Waals surface area contributed by atoms with Crippen molar-refractivity contribution in [1.82, 2.24) is 5.32 Å². The zero-order valence-corrected chi connectivity index (χ0v) is 26.5. The summed E-state index contributed by atoms with van der Waals surface area (Å²) in [7, 11) is -0.539. The average molecular weight is 581 g/mol. The summed E-state index contributed by atoms with van der Waals surface area (Å²) < 4.78 is 23.2. The fourth-order valence-electron chi connectivity index (χ4n) is 4.20. The largest absolute Gasteiger partial charge is 0.494 e. The number of nitrogens with one attached hydrogen (secondary N) is 2. The highest BCUT2D eigenvalue weighted by atomic mass is 16.7. The number of carbonyl (C=O) groups is 3. The number of alkyl carbamates (subject to hydrolysis) is 1. The quantitative estimate of drug-likeness (QED) is 0.317. The molecule has 0 saturated carbocycles. The Bertz CT molecular complexity index is 1280. The van der Waals surface area contributed by atoms with E-state index in [-0.39, 0.29) is 12.3 Å². The zero-order valence-electron chi connectivity index (χ0n) is 26.5. The van der Waals surface area contributed by atoms with Gasteiger partial charge in [0.2, 0.25) is 0 Å². The summed E-state index contributed by atoms with van der Waals surface area (Å²) in [6.07, 6.45) is -0.0256. The van der Waals surface area contributed by atoms with Crippen LogP contribution in [0.3, 0.4) is 0 Å². The lowest BCUT2D eigenvalue weighted by molar-refractivity contribution is -0.157. The minimum atomic E-state index is -0.922. The third-order valence-corrected chi connectivity index (χ3v) is 6.96. The van der Waals surface area contributed by atoms with Crippen LogP contribution in [0.25, 0.3) is 0 Å². The fraction of sp³-hybridized carbons (Fsp3) is 0.531. The molecule has 0 aliphatic carbocycles. The van der Waals surface area contributed by atoms with E-state index in [4.69, 9.17) is 18.8 Å². The molecule has 1 aliphatic rings. The molecule has 3 rings (SSSR count). The maximum atomic E-state index is 13.2. The van der Waals surface area contributed by atoms with Gasteiger partial charge in [-0.25, -0.2) is 9.59 Å². The number of rotatable bonds is 8. The van der Waals surface area contributed by atoms with Gasteiger partial charge in [0, 0.05) is 11.3 Å². The highest BCUT2D eigenvalue weighted by Crippen LogP contribution is 2.36. The van der Waals surface area contributed by atoms with Gasteiger partial charge < -0.3 is 29.4 Å². The number of ether oxygens (including phenoxy) is 2. The summed E-state index contributed by atoms with van der Waals surface area (Å²) in [5.74, 6) is -0.831. The molecule has 0 unspecified atom stereocenters. The van der Waals surface area contributed by atoms with Gasteiger partial charge in [-0.1, -0.05) is 24.3 Å². The van der Waals surface area contributed by atoms with Gasteiger partial charge in [-0.3, -0.25) is 4.79 Å². The first-order chi connectivity index (χ1) is 19.2. The molecular weight excluding hydrogens is 535 g/mol. The van der Waals surface area contributed by atoms with Gasteiger partial charge in [-0.2, -0.15) is 0 Å². The lowest BCUT2D eigenvalue weighted by Gasteiger charge is -2.32. The molecule has 1 saturated heterocycles. The van der Waals surface area contributed by atoms with E-state index in [9.17, 15) is 14.4 Å². The van der Waals surface area contributed by atoms with Gasteiger partial charge in [0.05, 0.1) is 11.2 Å². The maximum absolute atomic E-state index is 13.2. The van der Waals surface area contributed by atoms with Crippen LogP contribution >= 0.6 is 0 Å². The van der Waals surface area contributed by atoms with E-state index in [2.05, 4.69) is 10.6 Å². The van der Waals surface area contributed by atoms with E-state index in [1.54, 1.807) is 59.7 Å². The first-order valence-corrected chi connectivity index (χ1v) is 14.3. The van der Waals surface area contributed by atoms with Crippen molar-refractivity contribution >= 4 is 36.2 Å². The lowest BCUT2D eigenvalue weighted by atomic mass is 9.79. The molecule has 228 valence electrons. The van der Waals surface area contributed by atoms with Gasteiger partial charge in [0.1, 0.15) is 17.2 Å². The first-order valence-electron chi connectivity index (χ1n) is 14.3. The standard InChI is InChI=1S/C32H45BN2O7/c1-29(2,3)39-27(37)25(35-28(38)40-30(4,5)6)18-17-21-13-11-14-22(19-21)26(36)34-24-16-12-15-23(20-24)33-41-31(7,8)32(9,10)42-33/h11-16,19-20,25H,17-18H2,1-10H3,(H,34,36)(H,35,38)/t25-/m0/s1. The average Bonchev–Trinajstić information content (AvgIpc) is 3.06. The minimum absolute atomic E-state index is 0.259. The smallest absolute Gasteiger partial charge is 0.458 e. The van der Waals surface area contributed by atoms with Crippen molar-refractivity contribution in [1.29, 1.82) is 0 Å². The summed E-state index contributed by atoms with van der Waals surface area (Å²) in [6, 6.07) is 13.6. The normalized spacial score (nSPS) is 16.9. The Morgan fingerprint density at radius 3 is 2.05 bits per heavy atom. The molecule has 2 N–H and O–H groups in total. The molecule has 0 aromatic heterocycles. The van der Waals surface area contributed by atoms with E-state index in [0.717, 1.165) is 11.0 Å². The molecule has 2 aromatic rings. The minimum Gasteiger partial charge on any atom is -0.458 e. The Labute approximate surface area is 250 Å². The fourth-order valence-corrected chi connectivity index (χ4v) is 4.20. The van der Waals surface area contributed by atoms with Crippen LogP contribution in [0.15, 0.2) is 48.5 Å². The van der Waals surface area contributed by atoms with Crippen LogP contribution in [0, 0.1) is 0 Å². The number of hydrogen-bond acceptors (Lipinski definition) is 7. The van der Waals surface area contributed by atoms with E-state index >= 15 is 0 Å². The molecule has 0 bridgehead atoms. The van der Waals surface area contributed by atoms with Crippen LogP contribution in [0.4, 0.5) is 10.5 Å². The molecule has 0 radical (unpaired) electrons. The van der Waals surface area contributed by atoms with E-state index in [1.807, 2.05) is 58.0 Å². The van der Waals surface area contributed by atoms with Crippen LogP contribution in [-0.4, -0.2) is 53.5 Å². The van der Waals surface area contributed by atoms with Gasteiger partial charge in [-0.15, -0.1) is 0 Å². The monoisotopic (exact) mass is 580 g/mol. The molecule has 1 atom stereocenters. The van der Waals surface area contributed by atoms with Crippen LogP contribution in [0.5, 0.6) is 0 Å². The Balaban J connectivity index is 1.68. The Morgan fingerprint density at radius 1 is 0.857 bits per heavy atom. The highest BCUT2D eigenvalue weighted by molar-refractivity contribution is 6.62. The predicted molar refractivity (Wildman–Crippen MR) is 164 cm³/mol. The third kappa shape index (κ3) is 9.32. The summed E-state index contributed by atoms with van der Waals surface area (Å²) in [6.45, 7) is 18.5. The molecule has 1 heterocycles. The number of aryl methyl sites for hydroxylation is 1.